The Morgan fingerprint density at radius 1 is 1.33 bits per heavy atom. The van der Waals surface area contributed by atoms with Crippen LogP contribution < -0.4 is 5.32 Å². The van der Waals surface area contributed by atoms with E-state index in [1.54, 1.807) is 0 Å². The monoisotopic (exact) mass is 322 g/mol. The minimum Gasteiger partial charge on any atom is -0.481 e. The van der Waals surface area contributed by atoms with Crippen LogP contribution in [-0.2, 0) is 19.6 Å². The molecule has 122 valence electrons. The highest BCUT2D eigenvalue weighted by atomic mass is 32.2. The minimum atomic E-state index is -3.23. The van der Waals surface area contributed by atoms with Gasteiger partial charge in [0.05, 0.1) is 18.3 Å². The molecule has 0 aromatic rings. The first-order valence-electron chi connectivity index (χ1n) is 6.68. The van der Waals surface area contributed by atoms with Gasteiger partial charge in [-0.1, -0.05) is 0 Å². The summed E-state index contributed by atoms with van der Waals surface area (Å²) in [5.74, 6) is -1.74. The maximum absolute atomic E-state index is 11.9. The standard InChI is InChI=1S/C12H22N2O6S/c1-12(18,7-10(15)16)8-13-11(17)9-3-5-14(6-4-9)21(2,19)20/h9,18H,3-8H2,1-2H3,(H,13,17)(H,15,16). The van der Waals surface area contributed by atoms with Crippen molar-refractivity contribution in [3.8, 4) is 0 Å². The highest BCUT2D eigenvalue weighted by molar-refractivity contribution is 7.88. The zero-order valence-electron chi connectivity index (χ0n) is 12.2. The average molecular weight is 322 g/mol. The quantitative estimate of drug-likeness (QED) is 0.576. The van der Waals surface area contributed by atoms with Crippen molar-refractivity contribution in [2.24, 2.45) is 5.92 Å². The fourth-order valence-electron chi connectivity index (χ4n) is 2.26. The molecule has 9 heteroatoms. The molecule has 0 radical (unpaired) electrons. The van der Waals surface area contributed by atoms with Gasteiger partial charge in [0.2, 0.25) is 15.9 Å². The summed E-state index contributed by atoms with van der Waals surface area (Å²) in [6.45, 7) is 1.78. The Morgan fingerprint density at radius 2 is 1.86 bits per heavy atom. The number of amides is 1. The number of carbonyl (C=O) groups is 2. The van der Waals surface area contributed by atoms with Crippen LogP contribution in [0, 0.1) is 5.92 Å². The van der Waals surface area contributed by atoms with E-state index < -0.39 is 28.0 Å². The van der Waals surface area contributed by atoms with Gasteiger partial charge in [-0.05, 0) is 19.8 Å². The van der Waals surface area contributed by atoms with Gasteiger partial charge in [-0.2, -0.15) is 0 Å². The van der Waals surface area contributed by atoms with Crippen molar-refractivity contribution in [1.29, 1.82) is 0 Å². The summed E-state index contributed by atoms with van der Waals surface area (Å²) >= 11 is 0. The molecular weight excluding hydrogens is 300 g/mol. The van der Waals surface area contributed by atoms with Crippen molar-refractivity contribution in [1.82, 2.24) is 9.62 Å². The van der Waals surface area contributed by atoms with Gasteiger partial charge in [0.1, 0.15) is 0 Å². The van der Waals surface area contributed by atoms with Crippen molar-refractivity contribution in [2.45, 2.75) is 31.8 Å². The van der Waals surface area contributed by atoms with E-state index in [4.69, 9.17) is 5.11 Å². The largest absolute Gasteiger partial charge is 0.481 e. The summed E-state index contributed by atoms with van der Waals surface area (Å²) in [6, 6.07) is 0. The molecule has 0 bridgehead atoms. The molecule has 1 aliphatic heterocycles. The van der Waals surface area contributed by atoms with Crippen molar-refractivity contribution in [3.05, 3.63) is 0 Å². The number of hydrogen-bond donors (Lipinski definition) is 3. The highest BCUT2D eigenvalue weighted by Gasteiger charge is 2.30. The van der Waals surface area contributed by atoms with Crippen LogP contribution in [0.2, 0.25) is 0 Å². The lowest BCUT2D eigenvalue weighted by Crippen LogP contribution is -2.47. The third-order valence-corrected chi connectivity index (χ3v) is 4.77. The summed E-state index contributed by atoms with van der Waals surface area (Å²) in [4.78, 5) is 22.5. The predicted molar refractivity (Wildman–Crippen MR) is 75.0 cm³/mol. The summed E-state index contributed by atoms with van der Waals surface area (Å²) in [7, 11) is -3.23. The van der Waals surface area contributed by atoms with Crippen molar-refractivity contribution >= 4 is 21.9 Å². The number of nitrogens with one attached hydrogen (secondary N) is 1. The van der Waals surface area contributed by atoms with Crippen LogP contribution in [0.1, 0.15) is 26.2 Å². The molecule has 1 rings (SSSR count). The fraction of sp³-hybridized carbons (Fsp3) is 0.833. The van der Waals surface area contributed by atoms with Crippen LogP contribution in [0.5, 0.6) is 0 Å². The Labute approximate surface area is 124 Å². The van der Waals surface area contributed by atoms with Gasteiger partial charge in [-0.3, -0.25) is 9.59 Å². The van der Waals surface area contributed by atoms with E-state index >= 15 is 0 Å². The number of aliphatic hydroxyl groups is 1. The van der Waals surface area contributed by atoms with Gasteiger partial charge in [-0.15, -0.1) is 0 Å². The molecule has 1 amide bonds. The third-order valence-electron chi connectivity index (χ3n) is 3.47. The smallest absolute Gasteiger partial charge is 0.306 e. The molecular formula is C12H22N2O6S. The van der Waals surface area contributed by atoms with Gasteiger partial charge in [0.15, 0.2) is 0 Å². The predicted octanol–water partition coefficient (Wildman–Crippen LogP) is -1.00. The molecule has 1 aliphatic rings. The van der Waals surface area contributed by atoms with E-state index in [0.717, 1.165) is 6.26 Å². The lowest BCUT2D eigenvalue weighted by molar-refractivity contribution is -0.142. The zero-order chi connectivity index (χ0) is 16.3. The number of sulfonamides is 1. The summed E-state index contributed by atoms with van der Waals surface area (Å²) < 4.78 is 24.0. The minimum absolute atomic E-state index is 0.148. The van der Waals surface area contributed by atoms with E-state index in [0.29, 0.717) is 25.9 Å². The molecule has 1 atom stereocenters. The molecule has 21 heavy (non-hydrogen) atoms. The van der Waals surface area contributed by atoms with Gasteiger partial charge >= 0.3 is 5.97 Å². The summed E-state index contributed by atoms with van der Waals surface area (Å²) in [5.41, 5.74) is -1.51. The maximum atomic E-state index is 11.9. The van der Waals surface area contributed by atoms with Crippen LogP contribution in [0.25, 0.3) is 0 Å². The van der Waals surface area contributed by atoms with Crippen molar-refractivity contribution in [2.75, 3.05) is 25.9 Å². The highest BCUT2D eigenvalue weighted by Crippen LogP contribution is 2.19. The van der Waals surface area contributed by atoms with Crippen LogP contribution in [0.3, 0.4) is 0 Å². The topological polar surface area (TPSA) is 124 Å². The number of carboxylic acid groups (broad SMARTS) is 1. The van der Waals surface area contributed by atoms with E-state index in [1.807, 2.05) is 0 Å². The number of hydrogen-bond acceptors (Lipinski definition) is 5. The zero-order valence-corrected chi connectivity index (χ0v) is 13.0. The van der Waals surface area contributed by atoms with Gasteiger partial charge in [0, 0.05) is 25.6 Å². The van der Waals surface area contributed by atoms with E-state index in [-0.39, 0.29) is 18.4 Å². The molecule has 1 unspecified atom stereocenters. The Bertz CT molecular complexity index is 494. The first-order chi connectivity index (χ1) is 9.51. The Morgan fingerprint density at radius 3 is 2.29 bits per heavy atom. The second-order valence-corrected chi connectivity index (χ2v) is 7.70. The Kier molecular flexibility index (Phi) is 5.71. The van der Waals surface area contributed by atoms with Crippen LogP contribution in [-0.4, -0.2) is 66.3 Å². The molecule has 1 fully saturated rings. The van der Waals surface area contributed by atoms with Crippen LogP contribution >= 0.6 is 0 Å². The third kappa shape index (κ3) is 5.98. The van der Waals surface area contributed by atoms with Gasteiger partial charge in [-0.25, -0.2) is 12.7 Å². The molecule has 0 aliphatic carbocycles. The molecule has 0 aromatic heterocycles. The second-order valence-electron chi connectivity index (χ2n) is 5.72. The van der Waals surface area contributed by atoms with Crippen LogP contribution in [0.15, 0.2) is 0 Å². The van der Waals surface area contributed by atoms with E-state index in [1.165, 1.54) is 11.2 Å². The Hall–Kier alpha value is -1.19. The lowest BCUT2D eigenvalue weighted by atomic mass is 9.96. The number of nitrogens with zero attached hydrogens (tertiary/aromatic N) is 1. The van der Waals surface area contributed by atoms with Crippen molar-refractivity contribution in [3.63, 3.8) is 0 Å². The fourth-order valence-corrected chi connectivity index (χ4v) is 3.13. The molecule has 3 N–H and O–H groups in total. The number of carboxylic acids is 1. The van der Waals surface area contributed by atoms with E-state index in [2.05, 4.69) is 5.32 Å². The number of carbonyl (C=O) groups excluding carboxylic acids is 1. The second kappa shape index (κ2) is 6.71. The summed E-state index contributed by atoms with van der Waals surface area (Å²) in [6.07, 6.45) is 1.51. The first kappa shape index (κ1) is 17.9. The lowest BCUT2D eigenvalue weighted by Gasteiger charge is -2.30. The molecule has 8 nitrogen and oxygen atoms in total. The molecule has 0 spiro atoms. The Balaban J connectivity index is 2.43. The van der Waals surface area contributed by atoms with Gasteiger partial charge in [0.25, 0.3) is 0 Å². The number of rotatable bonds is 6. The van der Waals surface area contributed by atoms with Crippen molar-refractivity contribution < 1.29 is 28.2 Å². The SMILES string of the molecule is CC(O)(CNC(=O)C1CCN(S(C)(=O)=O)CC1)CC(=O)O. The molecule has 1 saturated heterocycles. The van der Waals surface area contributed by atoms with Crippen LogP contribution in [0.4, 0.5) is 0 Å². The molecule has 0 aromatic carbocycles. The molecule has 1 heterocycles. The van der Waals surface area contributed by atoms with Gasteiger partial charge < -0.3 is 15.5 Å². The number of aliphatic carboxylic acids is 1. The average Bonchev–Trinajstić information content (AvgIpc) is 2.33. The summed E-state index contributed by atoms with van der Waals surface area (Å²) in [5, 5.41) is 21.0. The maximum Gasteiger partial charge on any atom is 0.306 e. The first-order valence-corrected chi connectivity index (χ1v) is 8.53. The molecule has 0 saturated carbocycles. The number of piperidine rings is 1. The normalized spacial score (nSPS) is 20.7. The van der Waals surface area contributed by atoms with E-state index in [9.17, 15) is 23.1 Å².